The summed E-state index contributed by atoms with van der Waals surface area (Å²) >= 11 is 0. The highest BCUT2D eigenvalue weighted by molar-refractivity contribution is 5.99. The van der Waals surface area contributed by atoms with E-state index in [-0.39, 0.29) is 30.4 Å². The van der Waals surface area contributed by atoms with Crippen molar-refractivity contribution < 1.29 is 10.2 Å². The molecule has 1 atom stereocenters. The maximum atomic E-state index is 12.8. The first kappa shape index (κ1) is 19.2. The third kappa shape index (κ3) is 3.52. The molecule has 3 N–H and O–H groups in total. The minimum Gasteiger partial charge on any atom is -0.396 e. The second-order valence-corrected chi connectivity index (χ2v) is 7.38. The summed E-state index contributed by atoms with van der Waals surface area (Å²) in [5.74, 6) is 0.758. The number of aliphatic hydroxyl groups excluding tert-OH is 2. The molecule has 1 saturated heterocycles. The van der Waals surface area contributed by atoms with Gasteiger partial charge in [0.25, 0.3) is 5.56 Å². The summed E-state index contributed by atoms with van der Waals surface area (Å²) < 4.78 is 1.45. The fraction of sp³-hybridized carbons (Fsp3) is 0.333. The summed E-state index contributed by atoms with van der Waals surface area (Å²) in [6.45, 7) is 1.17. The van der Waals surface area contributed by atoms with Gasteiger partial charge in [0.15, 0.2) is 0 Å². The van der Waals surface area contributed by atoms with E-state index >= 15 is 0 Å². The Kier molecular flexibility index (Phi) is 5.12. The Balaban J connectivity index is 1.85. The number of anilines is 1. The maximum absolute atomic E-state index is 12.8. The van der Waals surface area contributed by atoms with Crippen LogP contribution >= 0.6 is 0 Å². The van der Waals surface area contributed by atoms with Gasteiger partial charge in [0.05, 0.1) is 29.9 Å². The number of aromatic nitrogens is 3. The summed E-state index contributed by atoms with van der Waals surface area (Å²) in [5.41, 5.74) is 2.75. The van der Waals surface area contributed by atoms with Crippen LogP contribution in [0.4, 0.5) is 5.82 Å². The fourth-order valence-corrected chi connectivity index (χ4v) is 3.69. The van der Waals surface area contributed by atoms with Gasteiger partial charge in [-0.1, -0.05) is 24.3 Å². The van der Waals surface area contributed by atoms with E-state index in [4.69, 9.17) is 15.5 Å². The standard InChI is InChI=1S/C21H23N5O3/c1-25-12-23-18-8-17(15-4-2-14(3-5-15)16(22)11-28)24-20(19(18)21(25)29)26-7-6-13(9-26)10-27/h2-5,8,12-13,22,27-28H,6-7,9-11H2,1H3/t13-/m0/s1. The second kappa shape index (κ2) is 7.73. The molecule has 3 aromatic rings. The van der Waals surface area contributed by atoms with Crippen LogP contribution < -0.4 is 10.5 Å². The molecule has 0 aliphatic carbocycles. The van der Waals surface area contributed by atoms with Gasteiger partial charge in [0.1, 0.15) is 11.2 Å². The number of hydrogen-bond donors (Lipinski definition) is 3. The van der Waals surface area contributed by atoms with Gasteiger partial charge in [-0.15, -0.1) is 0 Å². The minimum absolute atomic E-state index is 0.114. The van der Waals surface area contributed by atoms with Crippen molar-refractivity contribution >= 4 is 22.4 Å². The van der Waals surface area contributed by atoms with Crippen molar-refractivity contribution in [3.05, 3.63) is 52.6 Å². The highest BCUT2D eigenvalue weighted by Gasteiger charge is 2.26. The van der Waals surface area contributed by atoms with Gasteiger partial charge in [-0.3, -0.25) is 4.79 Å². The van der Waals surface area contributed by atoms with Crippen LogP contribution in [0.3, 0.4) is 0 Å². The highest BCUT2D eigenvalue weighted by Crippen LogP contribution is 2.30. The zero-order chi connectivity index (χ0) is 20.5. The summed E-state index contributed by atoms with van der Waals surface area (Å²) in [5, 5.41) is 26.9. The zero-order valence-electron chi connectivity index (χ0n) is 16.2. The predicted molar refractivity (Wildman–Crippen MR) is 112 cm³/mol. The summed E-state index contributed by atoms with van der Waals surface area (Å²) in [6.07, 6.45) is 2.35. The molecule has 1 aliphatic rings. The predicted octanol–water partition coefficient (Wildman–Crippen LogP) is 1.17. The van der Waals surface area contributed by atoms with Crippen LogP contribution in [0.5, 0.6) is 0 Å². The molecule has 4 rings (SSSR count). The van der Waals surface area contributed by atoms with E-state index in [1.54, 1.807) is 25.2 Å². The molecule has 3 heterocycles. The molecule has 8 nitrogen and oxygen atoms in total. The first-order valence-electron chi connectivity index (χ1n) is 9.53. The topological polar surface area (TPSA) is 115 Å². The SMILES string of the molecule is Cn1cnc2cc(-c3ccc(C(=N)CO)cc3)nc(N3CC[C@H](CO)C3)c2c1=O. The molecule has 0 spiro atoms. The van der Waals surface area contributed by atoms with Crippen molar-refractivity contribution in [1.82, 2.24) is 14.5 Å². The number of pyridine rings is 1. The van der Waals surface area contributed by atoms with Crippen LogP contribution in [0.25, 0.3) is 22.2 Å². The summed E-state index contributed by atoms with van der Waals surface area (Å²) in [7, 11) is 1.67. The Hall–Kier alpha value is -3.10. The van der Waals surface area contributed by atoms with Gasteiger partial charge in [0.2, 0.25) is 0 Å². The molecule has 8 heteroatoms. The number of aryl methyl sites for hydroxylation is 1. The zero-order valence-corrected chi connectivity index (χ0v) is 16.2. The van der Waals surface area contributed by atoms with Gasteiger partial charge in [0, 0.05) is 38.2 Å². The molecule has 0 saturated carbocycles. The molecular weight excluding hydrogens is 370 g/mol. The quantitative estimate of drug-likeness (QED) is 0.561. The lowest BCUT2D eigenvalue weighted by molar-refractivity contribution is 0.238. The van der Waals surface area contributed by atoms with Crippen molar-refractivity contribution in [2.45, 2.75) is 6.42 Å². The van der Waals surface area contributed by atoms with Crippen molar-refractivity contribution in [3.63, 3.8) is 0 Å². The molecule has 0 unspecified atom stereocenters. The number of nitrogens with one attached hydrogen (secondary N) is 1. The molecule has 0 bridgehead atoms. The van der Waals surface area contributed by atoms with E-state index in [0.717, 1.165) is 18.5 Å². The molecule has 1 aromatic carbocycles. The molecule has 0 radical (unpaired) electrons. The number of fused-ring (bicyclic) bond motifs is 1. The van der Waals surface area contributed by atoms with Crippen molar-refractivity contribution in [2.24, 2.45) is 13.0 Å². The molecule has 1 aliphatic heterocycles. The van der Waals surface area contributed by atoms with E-state index in [1.807, 2.05) is 17.0 Å². The lowest BCUT2D eigenvalue weighted by Crippen LogP contribution is -2.26. The van der Waals surface area contributed by atoms with Crippen LogP contribution in [0.15, 0.2) is 41.5 Å². The molecular formula is C21H23N5O3. The monoisotopic (exact) mass is 393 g/mol. The van der Waals surface area contributed by atoms with Crippen LogP contribution in [-0.4, -0.2) is 56.8 Å². The molecule has 0 amide bonds. The van der Waals surface area contributed by atoms with Gasteiger partial charge in [-0.05, 0) is 18.1 Å². The van der Waals surface area contributed by atoms with Gasteiger partial charge >= 0.3 is 0 Å². The average molecular weight is 393 g/mol. The van der Waals surface area contributed by atoms with Crippen molar-refractivity contribution in [1.29, 1.82) is 5.41 Å². The number of aliphatic hydroxyl groups is 2. The van der Waals surface area contributed by atoms with E-state index in [9.17, 15) is 9.90 Å². The van der Waals surface area contributed by atoms with E-state index in [1.165, 1.54) is 10.9 Å². The lowest BCUT2D eigenvalue weighted by atomic mass is 10.0. The Bertz CT molecular complexity index is 1120. The Labute approximate surface area is 167 Å². The van der Waals surface area contributed by atoms with E-state index in [2.05, 4.69) is 4.98 Å². The van der Waals surface area contributed by atoms with Crippen LogP contribution in [0.2, 0.25) is 0 Å². The molecule has 1 fully saturated rings. The Morgan fingerprint density at radius 3 is 2.69 bits per heavy atom. The van der Waals surface area contributed by atoms with Crippen LogP contribution in [-0.2, 0) is 7.05 Å². The van der Waals surface area contributed by atoms with Gasteiger partial charge < -0.3 is 25.1 Å². The maximum Gasteiger partial charge on any atom is 0.264 e. The molecule has 150 valence electrons. The van der Waals surface area contributed by atoms with E-state index < -0.39 is 0 Å². The summed E-state index contributed by atoms with van der Waals surface area (Å²) in [4.78, 5) is 24.1. The van der Waals surface area contributed by atoms with E-state index in [0.29, 0.717) is 34.5 Å². The third-order valence-corrected chi connectivity index (χ3v) is 5.41. The smallest absolute Gasteiger partial charge is 0.264 e. The van der Waals surface area contributed by atoms with Crippen LogP contribution in [0.1, 0.15) is 12.0 Å². The Morgan fingerprint density at radius 2 is 2.03 bits per heavy atom. The average Bonchev–Trinajstić information content (AvgIpc) is 3.24. The normalized spacial score (nSPS) is 16.5. The fourth-order valence-electron chi connectivity index (χ4n) is 3.69. The Morgan fingerprint density at radius 1 is 1.28 bits per heavy atom. The number of rotatable bonds is 5. The highest BCUT2D eigenvalue weighted by atomic mass is 16.3. The molecule has 29 heavy (non-hydrogen) atoms. The largest absolute Gasteiger partial charge is 0.396 e. The minimum atomic E-state index is -0.314. The van der Waals surface area contributed by atoms with Crippen molar-refractivity contribution in [3.8, 4) is 11.3 Å². The summed E-state index contributed by atoms with van der Waals surface area (Å²) in [6, 6.07) is 9.04. The number of hydrogen-bond acceptors (Lipinski definition) is 7. The van der Waals surface area contributed by atoms with Gasteiger partial charge in [-0.2, -0.15) is 0 Å². The van der Waals surface area contributed by atoms with Crippen LogP contribution in [0, 0.1) is 11.3 Å². The first-order valence-corrected chi connectivity index (χ1v) is 9.53. The van der Waals surface area contributed by atoms with Gasteiger partial charge in [-0.25, -0.2) is 9.97 Å². The molecule has 2 aromatic heterocycles. The third-order valence-electron chi connectivity index (χ3n) is 5.41. The first-order chi connectivity index (χ1) is 14.0. The number of nitrogens with zero attached hydrogens (tertiary/aromatic N) is 4. The van der Waals surface area contributed by atoms with Crippen molar-refractivity contribution in [2.75, 3.05) is 31.2 Å². The number of benzene rings is 1. The lowest BCUT2D eigenvalue weighted by Gasteiger charge is -2.20. The second-order valence-electron chi connectivity index (χ2n) is 7.38.